The molecule has 0 aromatic heterocycles. The Bertz CT molecular complexity index is 1720. The predicted molar refractivity (Wildman–Crippen MR) is 148 cm³/mol. The minimum Gasteiger partial charge on any atom is -0.496 e. The van der Waals surface area contributed by atoms with Gasteiger partial charge in [0.2, 0.25) is 0 Å². The number of sulfonamides is 1. The van der Waals surface area contributed by atoms with Crippen molar-refractivity contribution in [3.8, 4) is 11.5 Å². The number of aliphatic hydroxyl groups is 1. The lowest BCUT2D eigenvalue weighted by Crippen LogP contribution is -2.60. The van der Waals surface area contributed by atoms with Gasteiger partial charge in [-0.25, -0.2) is 8.42 Å². The van der Waals surface area contributed by atoms with E-state index in [1.54, 1.807) is 0 Å². The number of aliphatic carboxylic acids is 1. The molecule has 1 fully saturated rings. The molecular weight excluding hydrogens is 634 g/mol. The number of nitrogens with zero attached hydrogens (tertiary/aromatic N) is 2. The summed E-state index contributed by atoms with van der Waals surface area (Å²) < 4.78 is 121. The van der Waals surface area contributed by atoms with Crippen molar-refractivity contribution in [2.24, 2.45) is 0 Å². The molecule has 0 spiro atoms. The highest BCUT2D eigenvalue weighted by Crippen LogP contribution is 2.48. The van der Waals surface area contributed by atoms with E-state index in [1.165, 1.54) is 36.3 Å². The lowest BCUT2D eigenvalue weighted by atomic mass is 9.82. The van der Waals surface area contributed by atoms with Crippen LogP contribution in [-0.2, 0) is 32.8 Å². The van der Waals surface area contributed by atoms with Crippen molar-refractivity contribution >= 4 is 27.4 Å². The first-order chi connectivity index (χ1) is 20.9. The van der Waals surface area contributed by atoms with Crippen molar-refractivity contribution in [3.63, 3.8) is 0 Å². The van der Waals surface area contributed by atoms with Crippen LogP contribution in [0.4, 0.5) is 37.7 Å². The molecule has 1 unspecified atom stereocenters. The summed E-state index contributed by atoms with van der Waals surface area (Å²) in [5.74, 6) is -1.34. The van der Waals surface area contributed by atoms with Gasteiger partial charge in [-0.05, 0) is 55.0 Å². The number of fused-ring (bicyclic) bond motifs is 1. The van der Waals surface area contributed by atoms with Crippen molar-refractivity contribution in [2.75, 3.05) is 35.9 Å². The van der Waals surface area contributed by atoms with Crippen LogP contribution in [0.1, 0.15) is 29.5 Å². The Morgan fingerprint density at radius 1 is 1.02 bits per heavy atom. The maximum Gasteiger partial charge on any atom is 0.416 e. The zero-order chi connectivity index (χ0) is 32.9. The van der Waals surface area contributed by atoms with Gasteiger partial charge in [-0.1, -0.05) is 12.1 Å². The molecule has 16 heteroatoms. The Kier molecular flexibility index (Phi) is 8.10. The maximum atomic E-state index is 13.8. The maximum absolute atomic E-state index is 13.8. The number of anilines is 2. The number of alkyl halides is 6. The molecule has 0 amide bonds. The smallest absolute Gasteiger partial charge is 0.416 e. The van der Waals surface area contributed by atoms with Gasteiger partial charge in [0.1, 0.15) is 23.2 Å². The molecule has 0 bridgehead atoms. The molecule has 3 aromatic carbocycles. The Balaban J connectivity index is 1.51. The first-order valence-electron chi connectivity index (χ1n) is 13.4. The molecule has 2 aliphatic rings. The van der Waals surface area contributed by atoms with Gasteiger partial charge in [0.15, 0.2) is 0 Å². The molecule has 2 heterocycles. The fraction of sp³-hybridized carbons (Fsp3) is 0.345. The standard InChI is InChI=1S/C29H26F6N2O7S/c1-43-24-7-3-6-21(29(33,34)35)26(24)27(40)15-36(16-27)18-8-10-23-22(13-18)37(14-19(44-23)9-11-25(38)39)45(41,42)20-5-2-4-17(12-20)28(30,31)32/h2-8,10,12-13,19,40H,9,11,14-16H2,1H3,(H,38,39). The molecule has 9 nitrogen and oxygen atoms in total. The summed E-state index contributed by atoms with van der Waals surface area (Å²) in [6.07, 6.45) is -11.1. The van der Waals surface area contributed by atoms with Gasteiger partial charge in [-0.2, -0.15) is 26.3 Å². The van der Waals surface area contributed by atoms with E-state index in [4.69, 9.17) is 14.6 Å². The van der Waals surface area contributed by atoms with Gasteiger partial charge in [0, 0.05) is 17.7 Å². The van der Waals surface area contributed by atoms with Crippen molar-refractivity contribution in [2.45, 2.75) is 41.8 Å². The molecule has 0 radical (unpaired) electrons. The van der Waals surface area contributed by atoms with E-state index in [-0.39, 0.29) is 48.8 Å². The average molecular weight is 661 g/mol. The van der Waals surface area contributed by atoms with E-state index in [9.17, 15) is 44.7 Å². The number of halogens is 6. The van der Waals surface area contributed by atoms with Crippen LogP contribution in [0.2, 0.25) is 0 Å². The lowest BCUT2D eigenvalue weighted by molar-refractivity contribution is -0.141. The monoisotopic (exact) mass is 660 g/mol. The van der Waals surface area contributed by atoms with Crippen LogP contribution in [0, 0.1) is 0 Å². The third-order valence-electron chi connectivity index (χ3n) is 7.59. The number of methoxy groups -OCH3 is 1. The summed E-state index contributed by atoms with van der Waals surface area (Å²) in [4.78, 5) is 12.0. The fourth-order valence-corrected chi connectivity index (χ4v) is 7.01. The molecule has 45 heavy (non-hydrogen) atoms. The lowest BCUT2D eigenvalue weighted by Gasteiger charge is -2.49. The topological polar surface area (TPSA) is 117 Å². The van der Waals surface area contributed by atoms with E-state index >= 15 is 0 Å². The summed E-state index contributed by atoms with van der Waals surface area (Å²) in [6, 6.07) is 10.6. The average Bonchev–Trinajstić information content (AvgIpc) is 2.96. The zero-order valence-corrected chi connectivity index (χ0v) is 24.2. The molecule has 3 aromatic rings. The second-order valence-corrected chi connectivity index (χ2v) is 12.5. The highest BCUT2D eigenvalue weighted by atomic mass is 32.2. The highest BCUT2D eigenvalue weighted by Gasteiger charge is 2.50. The van der Waals surface area contributed by atoms with Crippen LogP contribution < -0.4 is 18.7 Å². The molecule has 1 saturated heterocycles. The number of carboxylic acids is 1. The summed E-state index contributed by atoms with van der Waals surface area (Å²) in [5.41, 5.74) is -4.52. The van der Waals surface area contributed by atoms with Crippen LogP contribution in [-0.4, -0.2) is 57.4 Å². The second-order valence-electron chi connectivity index (χ2n) is 10.7. The SMILES string of the molecule is COc1cccc(C(F)(F)F)c1C1(O)CN(c2ccc3c(c2)N(S(=O)(=O)c2cccc(C(F)(F)F)c2)CC(CCC(=O)O)O3)C1. The van der Waals surface area contributed by atoms with E-state index in [0.29, 0.717) is 6.07 Å². The van der Waals surface area contributed by atoms with Crippen LogP contribution in [0.3, 0.4) is 0 Å². The molecule has 2 aliphatic heterocycles. The van der Waals surface area contributed by atoms with Gasteiger partial charge < -0.3 is 24.6 Å². The van der Waals surface area contributed by atoms with Crippen LogP contribution >= 0.6 is 0 Å². The molecule has 2 N–H and O–H groups in total. The second kappa shape index (κ2) is 11.3. The quantitative estimate of drug-likeness (QED) is 0.315. The number of ether oxygens (including phenoxy) is 2. The summed E-state index contributed by atoms with van der Waals surface area (Å²) in [7, 11) is -3.49. The molecule has 1 atom stereocenters. The fourth-order valence-electron chi connectivity index (χ4n) is 5.46. The van der Waals surface area contributed by atoms with Gasteiger partial charge in [-0.15, -0.1) is 0 Å². The van der Waals surface area contributed by atoms with Crippen LogP contribution in [0.15, 0.2) is 65.6 Å². The van der Waals surface area contributed by atoms with Crippen LogP contribution in [0.25, 0.3) is 0 Å². The normalized spacial score (nSPS) is 18.1. The van der Waals surface area contributed by atoms with E-state index < -0.39 is 68.2 Å². The number of hydrogen-bond acceptors (Lipinski definition) is 7. The van der Waals surface area contributed by atoms with Crippen molar-refractivity contribution in [1.29, 1.82) is 0 Å². The zero-order valence-electron chi connectivity index (χ0n) is 23.4. The molecule has 242 valence electrons. The molecule has 0 aliphatic carbocycles. The third kappa shape index (κ3) is 6.20. The Hall–Kier alpha value is -4.18. The minimum atomic E-state index is -4.83. The van der Waals surface area contributed by atoms with E-state index in [2.05, 4.69) is 0 Å². The first kappa shape index (κ1) is 32.2. The largest absolute Gasteiger partial charge is 0.496 e. The summed E-state index contributed by atoms with van der Waals surface area (Å²) >= 11 is 0. The number of carbonyl (C=O) groups is 1. The van der Waals surface area contributed by atoms with Gasteiger partial charge in [0.25, 0.3) is 10.0 Å². The minimum absolute atomic E-state index is 0.00388. The third-order valence-corrected chi connectivity index (χ3v) is 9.37. The summed E-state index contributed by atoms with van der Waals surface area (Å²) in [5, 5.41) is 20.4. The van der Waals surface area contributed by atoms with Crippen LogP contribution in [0.5, 0.6) is 11.5 Å². The van der Waals surface area contributed by atoms with E-state index in [1.807, 2.05) is 0 Å². The summed E-state index contributed by atoms with van der Waals surface area (Å²) in [6.45, 7) is -1.10. The predicted octanol–water partition coefficient (Wildman–Crippen LogP) is 5.26. The Labute approximate surface area is 253 Å². The van der Waals surface area contributed by atoms with Gasteiger partial charge in [-0.3, -0.25) is 9.10 Å². The first-order valence-corrected chi connectivity index (χ1v) is 14.8. The van der Waals surface area contributed by atoms with Crippen molar-refractivity contribution < 1.29 is 59.2 Å². The Morgan fingerprint density at radius 3 is 2.33 bits per heavy atom. The Morgan fingerprint density at radius 2 is 1.71 bits per heavy atom. The molecular formula is C29H26F6N2O7S. The van der Waals surface area contributed by atoms with Crippen molar-refractivity contribution in [3.05, 3.63) is 77.4 Å². The molecule has 5 rings (SSSR count). The number of β-amino-alcohol motifs (C(OH)–C–C–N with tert-alkyl or cyclic N) is 1. The molecule has 0 saturated carbocycles. The van der Waals surface area contributed by atoms with Gasteiger partial charge >= 0.3 is 18.3 Å². The number of benzene rings is 3. The van der Waals surface area contributed by atoms with Gasteiger partial charge in [0.05, 0.1) is 48.5 Å². The van der Waals surface area contributed by atoms with Crippen molar-refractivity contribution in [1.82, 2.24) is 0 Å². The number of carboxylic acid groups (broad SMARTS) is 1. The highest BCUT2D eigenvalue weighted by molar-refractivity contribution is 7.92. The number of rotatable bonds is 8. The van der Waals surface area contributed by atoms with E-state index in [0.717, 1.165) is 34.6 Å². The number of hydrogen-bond donors (Lipinski definition) is 2.